The number of nitrogens with zero attached hydrogens (tertiary/aromatic N) is 2. The molecule has 3 fully saturated rings. The summed E-state index contributed by atoms with van der Waals surface area (Å²) in [7, 11) is 1.34. The monoisotopic (exact) mass is 646 g/mol. The van der Waals surface area contributed by atoms with Gasteiger partial charge in [0, 0.05) is 17.4 Å². The molecule has 0 radical (unpaired) electrons. The number of phenolic OH excluding ortho intramolecular Hbond substituents is 1. The average molecular weight is 648 g/mol. The van der Waals surface area contributed by atoms with Crippen molar-refractivity contribution >= 4 is 68.4 Å². The van der Waals surface area contributed by atoms with E-state index in [1.54, 1.807) is 43.3 Å². The van der Waals surface area contributed by atoms with Gasteiger partial charge in [-0.15, -0.1) is 23.2 Å². The number of hydrogen-bond acceptors (Lipinski definition) is 6. The van der Waals surface area contributed by atoms with Crippen molar-refractivity contribution in [2.45, 2.75) is 35.4 Å². The van der Waals surface area contributed by atoms with Gasteiger partial charge in [-0.3, -0.25) is 29.0 Å². The molecule has 4 amide bonds. The molecule has 0 spiro atoms. The van der Waals surface area contributed by atoms with Crippen LogP contribution < -0.4 is 9.64 Å². The maximum absolute atomic E-state index is 14.0. The molecule has 2 aliphatic heterocycles. The average Bonchev–Trinajstić information content (AvgIpc) is 3.26. The fourth-order valence-corrected chi connectivity index (χ4v) is 8.23. The minimum absolute atomic E-state index is 0.0833. The largest absolute Gasteiger partial charge is 0.504 e. The van der Waals surface area contributed by atoms with E-state index in [1.165, 1.54) is 18.0 Å². The smallest absolute Gasteiger partial charge is 0.253 e. The van der Waals surface area contributed by atoms with E-state index in [-0.39, 0.29) is 42.8 Å². The Kier molecular flexibility index (Phi) is 6.36. The second kappa shape index (κ2) is 9.33. The van der Waals surface area contributed by atoms with Crippen LogP contribution in [0.2, 0.25) is 0 Å². The summed E-state index contributed by atoms with van der Waals surface area (Å²) in [6, 6.07) is 11.6. The molecule has 6 rings (SSSR count). The number of benzene rings is 2. The third kappa shape index (κ3) is 3.50. The van der Waals surface area contributed by atoms with E-state index in [9.17, 15) is 24.3 Å². The van der Waals surface area contributed by atoms with E-state index < -0.39 is 45.2 Å². The molecule has 2 heterocycles. The Morgan fingerprint density at radius 1 is 1.02 bits per heavy atom. The van der Waals surface area contributed by atoms with Gasteiger partial charge in [0.1, 0.15) is 0 Å². The number of hydrogen-bond donors (Lipinski definition) is 1. The van der Waals surface area contributed by atoms with Crippen LogP contribution in [0.5, 0.6) is 11.5 Å². The van der Waals surface area contributed by atoms with Crippen LogP contribution >= 0.6 is 39.1 Å². The number of imide groups is 2. The molecule has 208 valence electrons. The van der Waals surface area contributed by atoms with Crippen LogP contribution in [0.15, 0.2) is 58.6 Å². The molecule has 2 aromatic carbocycles. The molecule has 0 unspecified atom stereocenters. The van der Waals surface area contributed by atoms with Crippen LogP contribution in [-0.2, 0) is 19.2 Å². The zero-order chi connectivity index (χ0) is 28.7. The lowest BCUT2D eigenvalue weighted by Gasteiger charge is -2.50. The number of phenols is 1. The molecule has 8 nitrogen and oxygen atoms in total. The summed E-state index contributed by atoms with van der Waals surface area (Å²) in [5, 5.41) is 10.4. The topological polar surface area (TPSA) is 104 Å². The summed E-state index contributed by atoms with van der Waals surface area (Å²) in [6.07, 6.45) is 2.05. The fraction of sp³-hybridized carbons (Fsp3) is 0.379. The Morgan fingerprint density at radius 3 is 2.40 bits per heavy atom. The Labute approximate surface area is 249 Å². The van der Waals surface area contributed by atoms with Gasteiger partial charge in [-0.05, 0) is 67.6 Å². The number of ether oxygens (including phenoxy) is 1. The zero-order valence-corrected chi connectivity index (χ0v) is 24.7. The van der Waals surface area contributed by atoms with Crippen molar-refractivity contribution < 1.29 is 29.0 Å². The van der Waals surface area contributed by atoms with Crippen molar-refractivity contribution in [3.8, 4) is 11.5 Å². The maximum atomic E-state index is 14.0. The van der Waals surface area contributed by atoms with Crippen molar-refractivity contribution in [1.82, 2.24) is 4.90 Å². The van der Waals surface area contributed by atoms with E-state index in [4.69, 9.17) is 27.9 Å². The Hall–Kier alpha value is -2.88. The molecule has 0 aromatic heterocycles. The number of allylic oxidation sites excluding steroid dienone is 2. The summed E-state index contributed by atoms with van der Waals surface area (Å²) in [6.45, 7) is 2.05. The van der Waals surface area contributed by atoms with Gasteiger partial charge in [-0.25, -0.2) is 0 Å². The summed E-state index contributed by atoms with van der Waals surface area (Å²) in [5.74, 6) is -4.85. The van der Waals surface area contributed by atoms with Gasteiger partial charge in [0.15, 0.2) is 21.2 Å². The van der Waals surface area contributed by atoms with Crippen LogP contribution in [0.4, 0.5) is 5.69 Å². The van der Waals surface area contributed by atoms with Crippen LogP contribution in [0, 0.1) is 17.8 Å². The number of aromatic hydroxyl groups is 1. The molecule has 4 aliphatic rings. The van der Waals surface area contributed by atoms with Crippen molar-refractivity contribution in [1.29, 1.82) is 0 Å². The fourth-order valence-electron chi connectivity index (χ4n) is 6.94. The third-order valence-electron chi connectivity index (χ3n) is 8.72. The van der Waals surface area contributed by atoms with E-state index in [1.807, 2.05) is 6.08 Å². The predicted molar refractivity (Wildman–Crippen MR) is 151 cm³/mol. The molecule has 6 atom stereocenters. The molecule has 1 N–H and O–H groups in total. The lowest BCUT2D eigenvalue weighted by Crippen LogP contribution is -2.60. The SMILES string of the molecule is CCOc1cc([C@H]2C3=CC[C@@H]4C(=O)N(c5ccc(Br)cc5)C(=O)[C@@H]4[C@@H]3C[C@@]3(Cl)C(=O)N(C)C(=O)[C@@]23Cl)ccc1O. The van der Waals surface area contributed by atoms with Gasteiger partial charge < -0.3 is 9.84 Å². The van der Waals surface area contributed by atoms with Gasteiger partial charge in [-0.2, -0.15) is 0 Å². The number of alkyl halides is 2. The number of halogens is 3. The van der Waals surface area contributed by atoms with Crippen LogP contribution in [-0.4, -0.2) is 57.0 Å². The number of anilines is 1. The highest BCUT2D eigenvalue weighted by molar-refractivity contribution is 9.10. The summed E-state index contributed by atoms with van der Waals surface area (Å²) >= 11 is 17.7. The number of fused-ring (bicyclic) bond motifs is 4. The molecular weight excluding hydrogens is 623 g/mol. The normalized spacial score (nSPS) is 33.1. The molecule has 2 saturated heterocycles. The Bertz CT molecular complexity index is 1510. The lowest BCUT2D eigenvalue weighted by molar-refractivity contribution is -0.138. The van der Waals surface area contributed by atoms with Gasteiger partial charge >= 0.3 is 0 Å². The quantitative estimate of drug-likeness (QED) is 0.292. The minimum atomic E-state index is -1.90. The molecule has 40 heavy (non-hydrogen) atoms. The number of carbonyl (C=O) groups excluding carboxylic acids is 4. The number of carbonyl (C=O) groups is 4. The first-order valence-electron chi connectivity index (χ1n) is 12.9. The highest BCUT2D eigenvalue weighted by Crippen LogP contribution is 2.65. The van der Waals surface area contributed by atoms with E-state index in [2.05, 4.69) is 15.9 Å². The van der Waals surface area contributed by atoms with Gasteiger partial charge in [-0.1, -0.05) is 33.6 Å². The van der Waals surface area contributed by atoms with Crippen LogP contribution in [0.3, 0.4) is 0 Å². The first-order valence-corrected chi connectivity index (χ1v) is 14.5. The zero-order valence-electron chi connectivity index (χ0n) is 21.6. The summed E-state index contributed by atoms with van der Waals surface area (Å²) in [5.41, 5.74) is 1.64. The van der Waals surface area contributed by atoms with Crippen molar-refractivity contribution in [2.24, 2.45) is 17.8 Å². The van der Waals surface area contributed by atoms with Crippen LogP contribution in [0.25, 0.3) is 0 Å². The lowest BCUT2D eigenvalue weighted by atomic mass is 9.56. The van der Waals surface area contributed by atoms with Gasteiger partial charge in [0.2, 0.25) is 11.8 Å². The van der Waals surface area contributed by atoms with Crippen molar-refractivity contribution in [3.05, 3.63) is 64.1 Å². The van der Waals surface area contributed by atoms with Gasteiger partial charge in [0.25, 0.3) is 11.8 Å². The summed E-state index contributed by atoms with van der Waals surface area (Å²) < 4.78 is 6.41. The predicted octanol–water partition coefficient (Wildman–Crippen LogP) is 4.75. The minimum Gasteiger partial charge on any atom is -0.504 e. The molecule has 11 heteroatoms. The number of likely N-dealkylation sites (tertiary alicyclic amines) is 1. The highest BCUT2D eigenvalue weighted by atomic mass is 79.9. The maximum Gasteiger partial charge on any atom is 0.253 e. The highest BCUT2D eigenvalue weighted by Gasteiger charge is 2.75. The van der Waals surface area contributed by atoms with Gasteiger partial charge in [0.05, 0.1) is 24.1 Å². The Balaban J connectivity index is 1.51. The molecule has 0 bridgehead atoms. The van der Waals surface area contributed by atoms with E-state index in [0.717, 1.165) is 9.37 Å². The standard InChI is InChI=1S/C29H25BrCl2N2O6/c1-3-40-21-12-14(4-11-20(21)35)23-17-9-10-18-22(25(37)34(24(18)36)16-7-5-15(30)6-8-16)19(17)13-28(31)26(38)33(2)27(39)29(23,28)32/h4-9,11-12,18-19,22-23,35H,3,10,13H2,1-2H3/t18-,19+,22-,23-,28+,29-/m0/s1. The first-order chi connectivity index (χ1) is 19.0. The molecule has 2 aromatic rings. The number of rotatable bonds is 4. The van der Waals surface area contributed by atoms with E-state index in [0.29, 0.717) is 16.8 Å². The molecule has 1 saturated carbocycles. The third-order valence-corrected chi connectivity index (χ3v) is 10.7. The first kappa shape index (κ1) is 27.3. The Morgan fingerprint density at radius 2 is 1.73 bits per heavy atom. The molecule has 2 aliphatic carbocycles. The second-order valence-corrected chi connectivity index (χ2v) is 12.8. The summed E-state index contributed by atoms with van der Waals surface area (Å²) in [4.78, 5) is 53.2. The second-order valence-electron chi connectivity index (χ2n) is 10.6. The van der Waals surface area contributed by atoms with E-state index >= 15 is 0 Å². The number of amides is 4. The molecular formula is C29H25BrCl2N2O6. The van der Waals surface area contributed by atoms with Crippen molar-refractivity contribution in [2.75, 3.05) is 18.6 Å². The van der Waals surface area contributed by atoms with Crippen LogP contribution in [0.1, 0.15) is 31.2 Å². The van der Waals surface area contributed by atoms with Crippen molar-refractivity contribution in [3.63, 3.8) is 0 Å².